The van der Waals surface area contributed by atoms with Crippen molar-refractivity contribution in [2.45, 2.75) is 38.3 Å². The number of benzene rings is 1. The predicted octanol–water partition coefficient (Wildman–Crippen LogP) is 4.16. The van der Waals surface area contributed by atoms with Gasteiger partial charge in [-0.2, -0.15) is 0 Å². The van der Waals surface area contributed by atoms with Gasteiger partial charge in [-0.15, -0.1) is 11.3 Å². The van der Waals surface area contributed by atoms with E-state index in [4.69, 9.17) is 10.2 Å². The number of carbonyl (C=O) groups is 2. The van der Waals surface area contributed by atoms with Crippen LogP contribution in [0.4, 0.5) is 5.69 Å². The molecule has 1 saturated heterocycles. The number of hydrogen-bond donors (Lipinski definition) is 2. The van der Waals surface area contributed by atoms with Gasteiger partial charge in [0.2, 0.25) is 0 Å². The zero-order valence-electron chi connectivity index (χ0n) is 16.4. The fraction of sp³-hybridized carbons (Fsp3) is 0.333. The first kappa shape index (κ1) is 21.7. The summed E-state index contributed by atoms with van der Waals surface area (Å²) in [6, 6.07) is 6.49. The first-order valence-electron chi connectivity index (χ1n) is 9.57. The molecule has 2 aliphatic heterocycles. The second-order valence-electron chi connectivity index (χ2n) is 7.09. The van der Waals surface area contributed by atoms with Crippen LogP contribution in [0.3, 0.4) is 0 Å². The Morgan fingerprint density at radius 2 is 1.97 bits per heavy atom. The maximum absolute atomic E-state index is 11.4. The fourth-order valence-electron chi connectivity index (χ4n) is 4.21. The number of nitro groups is 1. The molecule has 30 heavy (non-hydrogen) atoms. The quantitative estimate of drug-likeness (QED) is 0.415. The van der Waals surface area contributed by atoms with Gasteiger partial charge in [-0.3, -0.25) is 15.0 Å². The van der Waals surface area contributed by atoms with Crippen molar-refractivity contribution < 1.29 is 24.7 Å². The lowest BCUT2D eigenvalue weighted by Crippen LogP contribution is -2.37. The molecule has 0 spiro atoms. The molecule has 0 radical (unpaired) electrons. The van der Waals surface area contributed by atoms with Crippen LogP contribution in [0.15, 0.2) is 41.8 Å². The molecule has 0 amide bonds. The summed E-state index contributed by atoms with van der Waals surface area (Å²) in [4.78, 5) is 32.8. The third kappa shape index (κ3) is 4.58. The van der Waals surface area contributed by atoms with E-state index in [0.717, 1.165) is 28.6 Å². The summed E-state index contributed by atoms with van der Waals surface area (Å²) >= 11 is 1.61. The summed E-state index contributed by atoms with van der Waals surface area (Å²) in [5.41, 5.74) is 2.62. The molecule has 2 aliphatic rings. The van der Waals surface area contributed by atoms with Gasteiger partial charge in [0.05, 0.1) is 10.3 Å². The molecule has 8 nitrogen and oxygen atoms in total. The molecule has 2 atom stereocenters. The summed E-state index contributed by atoms with van der Waals surface area (Å²) < 4.78 is 1.01. The molecule has 2 aromatic rings. The second kappa shape index (κ2) is 9.19. The van der Waals surface area contributed by atoms with Crippen molar-refractivity contribution in [2.24, 2.45) is 0 Å². The van der Waals surface area contributed by atoms with Gasteiger partial charge in [0.15, 0.2) is 0 Å². The Morgan fingerprint density at radius 3 is 2.53 bits per heavy atom. The lowest BCUT2D eigenvalue weighted by molar-refractivity contribution is -0.383. The maximum atomic E-state index is 11.4. The van der Waals surface area contributed by atoms with Crippen LogP contribution in [0.2, 0.25) is 0 Å². The third-order valence-electron chi connectivity index (χ3n) is 5.39. The Morgan fingerprint density at radius 1 is 1.27 bits per heavy atom. The molecule has 1 aromatic carbocycles. The van der Waals surface area contributed by atoms with E-state index >= 15 is 0 Å². The summed E-state index contributed by atoms with van der Waals surface area (Å²) in [7, 11) is 0. The molecule has 2 unspecified atom stereocenters. The standard InChI is InChI=1S/C17H18N2O2S.C4H4O4/c1-2-18-12-6-7-13(18)9-11(8-12)14-10-22-16-5-3-4-15(17(14)16)19(20)21;5-3(6)1-2-4(7)8/h3-5,8,10,12-13H,2,6-7,9H2,1H3;1-2H,(H,5,6)(H,7,8)/b;2-1-. The van der Waals surface area contributed by atoms with E-state index in [1.54, 1.807) is 23.5 Å². The van der Waals surface area contributed by atoms with Crippen LogP contribution in [-0.4, -0.2) is 50.6 Å². The lowest BCUT2D eigenvalue weighted by atomic mass is 9.94. The first-order chi connectivity index (χ1) is 14.3. The number of likely N-dealkylation sites (N-methyl/N-ethyl adjacent to an activating group) is 1. The van der Waals surface area contributed by atoms with Gasteiger partial charge in [-0.1, -0.05) is 19.1 Å². The number of nitrogens with zero attached hydrogens (tertiary/aromatic N) is 2. The number of nitro benzene ring substituents is 1. The van der Waals surface area contributed by atoms with Crippen LogP contribution in [0, 0.1) is 10.1 Å². The van der Waals surface area contributed by atoms with Crippen molar-refractivity contribution in [3.63, 3.8) is 0 Å². The molecule has 1 aromatic heterocycles. The fourth-order valence-corrected chi connectivity index (χ4v) is 5.21. The summed E-state index contributed by atoms with van der Waals surface area (Å²) in [5, 5.41) is 29.9. The first-order valence-corrected chi connectivity index (χ1v) is 10.4. The molecular weight excluding hydrogens is 408 g/mol. The Labute approximate surface area is 176 Å². The topological polar surface area (TPSA) is 121 Å². The van der Waals surface area contributed by atoms with Gasteiger partial charge >= 0.3 is 11.9 Å². The van der Waals surface area contributed by atoms with E-state index in [0.29, 0.717) is 24.2 Å². The normalized spacial score (nSPS) is 20.6. The summed E-state index contributed by atoms with van der Waals surface area (Å²) in [5.74, 6) is -2.51. The van der Waals surface area contributed by atoms with Crippen LogP contribution in [0.1, 0.15) is 31.7 Å². The van der Waals surface area contributed by atoms with Crippen molar-refractivity contribution in [1.29, 1.82) is 0 Å². The van der Waals surface area contributed by atoms with E-state index in [2.05, 4.69) is 23.3 Å². The number of aliphatic carboxylic acids is 2. The third-order valence-corrected chi connectivity index (χ3v) is 6.34. The number of carboxylic acids is 2. The average Bonchev–Trinajstić information content (AvgIpc) is 3.24. The van der Waals surface area contributed by atoms with E-state index < -0.39 is 11.9 Å². The molecule has 158 valence electrons. The van der Waals surface area contributed by atoms with Gasteiger partial charge in [0, 0.05) is 40.6 Å². The number of hydrogen-bond acceptors (Lipinski definition) is 6. The van der Waals surface area contributed by atoms with Crippen LogP contribution in [0.25, 0.3) is 15.7 Å². The SMILES string of the molecule is CCN1C2C=C(c3csc4cccc([N+](=O)[O-])c34)CC1CC2.O=C(O)/C=C\C(=O)O. The van der Waals surface area contributed by atoms with Crippen molar-refractivity contribution in [1.82, 2.24) is 4.90 Å². The lowest BCUT2D eigenvalue weighted by Gasteiger charge is -2.32. The van der Waals surface area contributed by atoms with Crippen molar-refractivity contribution in [2.75, 3.05) is 6.54 Å². The number of fused-ring (bicyclic) bond motifs is 3. The molecular formula is C21H22N2O6S. The minimum Gasteiger partial charge on any atom is -0.478 e. The zero-order valence-corrected chi connectivity index (χ0v) is 17.2. The van der Waals surface area contributed by atoms with Crippen LogP contribution < -0.4 is 0 Å². The second-order valence-corrected chi connectivity index (χ2v) is 8.00. The van der Waals surface area contributed by atoms with Crippen molar-refractivity contribution in [3.05, 3.63) is 57.5 Å². The Kier molecular flexibility index (Phi) is 6.63. The molecule has 3 heterocycles. The highest BCUT2D eigenvalue weighted by Gasteiger charge is 2.36. The van der Waals surface area contributed by atoms with Gasteiger partial charge < -0.3 is 10.2 Å². The number of rotatable bonds is 5. The van der Waals surface area contributed by atoms with Gasteiger partial charge in [-0.25, -0.2) is 9.59 Å². The molecule has 2 bridgehead atoms. The molecule has 9 heteroatoms. The minimum absolute atomic E-state index is 0.236. The Hall–Kier alpha value is -3.04. The van der Waals surface area contributed by atoms with Crippen LogP contribution in [-0.2, 0) is 9.59 Å². The van der Waals surface area contributed by atoms with Crippen molar-refractivity contribution >= 4 is 44.6 Å². The molecule has 0 aliphatic carbocycles. The Balaban J connectivity index is 0.000000275. The number of carboxylic acid groups (broad SMARTS) is 2. The average molecular weight is 430 g/mol. The number of thiophene rings is 1. The highest BCUT2D eigenvalue weighted by Crippen LogP contribution is 2.43. The van der Waals surface area contributed by atoms with Gasteiger partial charge in [0.1, 0.15) is 0 Å². The largest absolute Gasteiger partial charge is 0.478 e. The Bertz CT molecular complexity index is 1030. The molecule has 2 N–H and O–H groups in total. The molecule has 4 rings (SSSR count). The molecule has 1 fully saturated rings. The zero-order chi connectivity index (χ0) is 21.8. The van der Waals surface area contributed by atoms with E-state index in [-0.39, 0.29) is 10.6 Å². The van der Waals surface area contributed by atoms with Gasteiger partial charge in [0.25, 0.3) is 5.69 Å². The van der Waals surface area contributed by atoms with Crippen molar-refractivity contribution in [3.8, 4) is 0 Å². The maximum Gasteiger partial charge on any atom is 0.328 e. The summed E-state index contributed by atoms with van der Waals surface area (Å²) in [6.07, 6.45) is 6.94. The monoisotopic (exact) mass is 430 g/mol. The smallest absolute Gasteiger partial charge is 0.328 e. The van der Waals surface area contributed by atoms with Crippen LogP contribution >= 0.6 is 11.3 Å². The van der Waals surface area contributed by atoms with E-state index in [1.807, 2.05) is 6.07 Å². The highest BCUT2D eigenvalue weighted by atomic mass is 32.1. The van der Waals surface area contributed by atoms with Gasteiger partial charge in [-0.05, 0) is 42.8 Å². The molecule has 0 saturated carbocycles. The van der Waals surface area contributed by atoms with E-state index in [1.165, 1.54) is 18.4 Å². The number of non-ortho nitro benzene ring substituents is 1. The van der Waals surface area contributed by atoms with E-state index in [9.17, 15) is 19.7 Å². The predicted molar refractivity (Wildman–Crippen MR) is 115 cm³/mol. The highest BCUT2D eigenvalue weighted by molar-refractivity contribution is 7.17. The minimum atomic E-state index is -1.26. The summed E-state index contributed by atoms with van der Waals surface area (Å²) in [6.45, 7) is 3.30. The van der Waals surface area contributed by atoms with Crippen LogP contribution in [0.5, 0.6) is 0 Å².